The molecule has 172 valence electrons. The molecule has 8 nitrogen and oxygen atoms in total. The topological polar surface area (TPSA) is 109 Å². The number of carboxylic acid groups (broad SMARTS) is 1. The lowest BCUT2D eigenvalue weighted by molar-refractivity contribution is -0.122. The number of carbonyl (C=O) groups is 4. The third-order valence-electron chi connectivity index (χ3n) is 5.42. The van der Waals surface area contributed by atoms with E-state index in [0.29, 0.717) is 16.9 Å². The summed E-state index contributed by atoms with van der Waals surface area (Å²) in [7, 11) is 0. The Kier molecular flexibility index (Phi) is 6.03. The molecule has 2 aromatic carbocycles. The summed E-state index contributed by atoms with van der Waals surface area (Å²) < 4.78 is 1.86. The van der Waals surface area contributed by atoms with Crippen LogP contribution in [0.5, 0.6) is 0 Å². The van der Waals surface area contributed by atoms with E-state index in [2.05, 4.69) is 5.32 Å². The van der Waals surface area contributed by atoms with Crippen LogP contribution in [0, 0.1) is 13.8 Å². The summed E-state index contributed by atoms with van der Waals surface area (Å²) in [5, 5.41) is 11.4. The smallest absolute Gasteiger partial charge is 0.336 e. The first-order valence-electron chi connectivity index (χ1n) is 9.98. The summed E-state index contributed by atoms with van der Waals surface area (Å²) >= 11 is 12.2. The summed E-state index contributed by atoms with van der Waals surface area (Å²) in [4.78, 5) is 50.1. The number of rotatable bonds is 4. The van der Waals surface area contributed by atoms with Gasteiger partial charge in [0.25, 0.3) is 11.8 Å². The zero-order valence-electron chi connectivity index (χ0n) is 17.9. The number of urea groups is 1. The zero-order chi connectivity index (χ0) is 24.7. The number of benzene rings is 2. The van der Waals surface area contributed by atoms with Crippen LogP contribution in [-0.2, 0) is 9.59 Å². The molecule has 1 aliphatic rings. The second kappa shape index (κ2) is 8.81. The van der Waals surface area contributed by atoms with Gasteiger partial charge in [-0.15, -0.1) is 0 Å². The molecule has 0 unspecified atom stereocenters. The van der Waals surface area contributed by atoms with Crippen LogP contribution < -0.4 is 10.2 Å². The number of nitrogens with one attached hydrogen (secondary N) is 1. The lowest BCUT2D eigenvalue weighted by atomic mass is 10.1. The number of hydrogen-bond donors (Lipinski definition) is 2. The highest BCUT2D eigenvalue weighted by Gasteiger charge is 2.38. The first kappa shape index (κ1) is 23.3. The van der Waals surface area contributed by atoms with E-state index in [9.17, 15) is 19.2 Å². The SMILES string of the molecule is Cc1cc(/C=C2\C(=O)NC(=O)N(c3cccc(Cl)c3Cl)C2=O)c(C)n1-c1ccc(C(=O)O)cc1. The molecule has 0 spiro atoms. The van der Waals surface area contributed by atoms with Gasteiger partial charge in [-0.2, -0.15) is 0 Å². The Morgan fingerprint density at radius 2 is 1.71 bits per heavy atom. The van der Waals surface area contributed by atoms with Crippen molar-refractivity contribution >= 4 is 58.8 Å². The highest BCUT2D eigenvalue weighted by atomic mass is 35.5. The van der Waals surface area contributed by atoms with Crippen LogP contribution in [0.25, 0.3) is 11.8 Å². The van der Waals surface area contributed by atoms with Gasteiger partial charge in [0.05, 0.1) is 21.3 Å². The van der Waals surface area contributed by atoms with Crippen LogP contribution in [-0.4, -0.2) is 33.5 Å². The van der Waals surface area contributed by atoms with Crippen molar-refractivity contribution in [3.8, 4) is 5.69 Å². The molecule has 4 rings (SSSR count). The van der Waals surface area contributed by atoms with Crippen LogP contribution in [0.3, 0.4) is 0 Å². The van der Waals surface area contributed by atoms with Crippen molar-refractivity contribution in [2.24, 2.45) is 0 Å². The van der Waals surface area contributed by atoms with Crippen LogP contribution in [0.2, 0.25) is 10.0 Å². The Bertz CT molecular complexity index is 1410. The van der Waals surface area contributed by atoms with Gasteiger partial charge in [0, 0.05) is 17.1 Å². The number of carbonyl (C=O) groups excluding carboxylic acids is 3. The fourth-order valence-electron chi connectivity index (χ4n) is 3.78. The molecule has 0 aliphatic carbocycles. The van der Waals surface area contributed by atoms with Crippen LogP contribution in [0.4, 0.5) is 10.5 Å². The number of halogens is 2. The zero-order valence-corrected chi connectivity index (χ0v) is 19.4. The Hall–Kier alpha value is -3.88. The van der Waals surface area contributed by atoms with E-state index < -0.39 is 23.8 Å². The van der Waals surface area contributed by atoms with Crippen LogP contribution >= 0.6 is 23.2 Å². The maximum atomic E-state index is 13.2. The van der Waals surface area contributed by atoms with E-state index in [0.717, 1.165) is 10.6 Å². The molecule has 0 saturated carbocycles. The minimum atomic E-state index is -1.03. The second-order valence-electron chi connectivity index (χ2n) is 7.54. The fourth-order valence-corrected chi connectivity index (χ4v) is 4.16. The Balaban J connectivity index is 1.76. The van der Waals surface area contributed by atoms with Gasteiger partial charge in [0.15, 0.2) is 0 Å². The predicted octanol–water partition coefficient (Wildman–Crippen LogP) is 4.77. The first-order valence-corrected chi connectivity index (χ1v) is 10.7. The van der Waals surface area contributed by atoms with Gasteiger partial charge in [-0.25, -0.2) is 14.5 Å². The van der Waals surface area contributed by atoms with E-state index in [1.807, 2.05) is 11.5 Å². The number of imide groups is 2. The minimum Gasteiger partial charge on any atom is -0.478 e. The first-order chi connectivity index (χ1) is 16.1. The maximum absolute atomic E-state index is 13.2. The third kappa shape index (κ3) is 3.98. The quantitative estimate of drug-likeness (QED) is 0.398. The number of nitrogens with zero attached hydrogens (tertiary/aromatic N) is 2. The van der Waals surface area contributed by atoms with Gasteiger partial charge in [0.1, 0.15) is 5.57 Å². The molecule has 0 atom stereocenters. The van der Waals surface area contributed by atoms with Gasteiger partial charge in [-0.3, -0.25) is 14.9 Å². The molecular weight excluding hydrogens is 481 g/mol. The summed E-state index contributed by atoms with van der Waals surface area (Å²) in [5.41, 5.74) is 2.75. The molecule has 34 heavy (non-hydrogen) atoms. The van der Waals surface area contributed by atoms with E-state index in [1.54, 1.807) is 25.1 Å². The predicted molar refractivity (Wildman–Crippen MR) is 128 cm³/mol. The van der Waals surface area contributed by atoms with Crippen molar-refractivity contribution in [3.63, 3.8) is 0 Å². The Morgan fingerprint density at radius 1 is 1.03 bits per heavy atom. The lowest BCUT2D eigenvalue weighted by Crippen LogP contribution is -2.54. The number of anilines is 1. The number of barbiturate groups is 1. The molecule has 2 heterocycles. The van der Waals surface area contributed by atoms with E-state index in [-0.39, 0.29) is 26.9 Å². The van der Waals surface area contributed by atoms with Crippen molar-refractivity contribution in [2.45, 2.75) is 13.8 Å². The normalized spacial score (nSPS) is 15.1. The van der Waals surface area contributed by atoms with E-state index in [4.69, 9.17) is 28.3 Å². The van der Waals surface area contributed by atoms with Gasteiger partial charge < -0.3 is 9.67 Å². The molecular formula is C24H17Cl2N3O5. The van der Waals surface area contributed by atoms with Crippen molar-refractivity contribution < 1.29 is 24.3 Å². The Morgan fingerprint density at radius 3 is 2.35 bits per heavy atom. The molecule has 2 N–H and O–H groups in total. The summed E-state index contributed by atoms with van der Waals surface area (Å²) in [6.07, 6.45) is 1.40. The van der Waals surface area contributed by atoms with Crippen LogP contribution in [0.15, 0.2) is 54.1 Å². The van der Waals surface area contributed by atoms with E-state index in [1.165, 1.54) is 36.4 Å². The Labute approximate surface area is 204 Å². The number of carboxylic acids is 1. The molecule has 4 amide bonds. The molecule has 0 bridgehead atoms. The summed E-state index contributed by atoms with van der Waals surface area (Å²) in [6, 6.07) is 11.7. The standard InChI is InChI=1S/C24H17Cl2N3O5/c1-12-10-15(13(2)28(12)16-8-6-14(7-9-16)23(32)33)11-17-21(30)27-24(34)29(22(17)31)19-5-3-4-18(25)20(19)26/h3-11H,1-2H3,(H,32,33)(H,27,30,34)/b17-11+. The van der Waals surface area contributed by atoms with Crippen LogP contribution in [0.1, 0.15) is 27.3 Å². The van der Waals surface area contributed by atoms with Crippen molar-refractivity contribution in [1.29, 1.82) is 0 Å². The summed E-state index contributed by atoms with van der Waals surface area (Å²) in [5.74, 6) is -2.70. The van der Waals surface area contributed by atoms with Gasteiger partial charge in [-0.1, -0.05) is 29.3 Å². The molecule has 3 aromatic rings. The molecule has 1 aliphatic heterocycles. The number of aryl methyl sites for hydroxylation is 1. The fraction of sp³-hybridized carbons (Fsp3) is 0.0833. The summed E-state index contributed by atoms with van der Waals surface area (Å²) in [6.45, 7) is 3.64. The van der Waals surface area contributed by atoms with Gasteiger partial charge in [-0.05, 0) is 68.0 Å². The third-order valence-corrected chi connectivity index (χ3v) is 6.23. The largest absolute Gasteiger partial charge is 0.478 e. The van der Waals surface area contributed by atoms with Crippen molar-refractivity contribution in [2.75, 3.05) is 4.90 Å². The number of hydrogen-bond acceptors (Lipinski definition) is 4. The highest BCUT2D eigenvalue weighted by Crippen LogP contribution is 2.34. The van der Waals surface area contributed by atoms with Crippen molar-refractivity contribution in [1.82, 2.24) is 9.88 Å². The van der Waals surface area contributed by atoms with Gasteiger partial charge >= 0.3 is 12.0 Å². The molecule has 1 saturated heterocycles. The average molecular weight is 498 g/mol. The van der Waals surface area contributed by atoms with Crippen molar-refractivity contribution in [3.05, 3.63) is 86.7 Å². The second-order valence-corrected chi connectivity index (χ2v) is 8.33. The molecule has 10 heteroatoms. The molecule has 1 aromatic heterocycles. The van der Waals surface area contributed by atoms with E-state index >= 15 is 0 Å². The molecule has 1 fully saturated rings. The number of aromatic carboxylic acids is 1. The molecule has 0 radical (unpaired) electrons. The number of aromatic nitrogens is 1. The highest BCUT2D eigenvalue weighted by molar-refractivity contribution is 6.46. The number of amides is 4. The monoisotopic (exact) mass is 497 g/mol. The lowest BCUT2D eigenvalue weighted by Gasteiger charge is -2.27. The average Bonchev–Trinajstić information content (AvgIpc) is 3.06. The van der Waals surface area contributed by atoms with Gasteiger partial charge in [0.2, 0.25) is 0 Å². The minimum absolute atomic E-state index is 0.00403. The maximum Gasteiger partial charge on any atom is 0.336 e.